The standard InChI is InChI=1S/C35H33Cl2N3OS/c1-35(2,3)24-14-15-27-31(18-24)42-34(32(27)33(41)39-25-9-5-4-6-10-25)38-19-23-21-40(30-12-8-7-11-26(23)30)20-22-13-16-28(36)29(37)17-22/h4-13,16-17,19,21,24H,14-15,18,20H2,1-3H3,(H,39,41)/t24-/m0/s1. The van der Waals surface area contributed by atoms with E-state index in [9.17, 15) is 4.79 Å². The lowest BCUT2D eigenvalue weighted by molar-refractivity contribution is 0.102. The van der Waals surface area contributed by atoms with Crippen molar-refractivity contribution in [2.45, 2.75) is 46.6 Å². The molecule has 42 heavy (non-hydrogen) atoms. The molecule has 6 rings (SSSR count). The fourth-order valence-corrected chi connectivity index (χ4v) is 7.41. The average molecular weight is 615 g/mol. The molecule has 1 aliphatic rings. The van der Waals surface area contributed by atoms with Crippen LogP contribution in [0.2, 0.25) is 10.0 Å². The zero-order valence-electron chi connectivity index (χ0n) is 24.0. The number of thiophene rings is 1. The Labute approximate surface area is 261 Å². The minimum absolute atomic E-state index is 0.0953. The van der Waals surface area contributed by atoms with Gasteiger partial charge in [0.1, 0.15) is 5.00 Å². The van der Waals surface area contributed by atoms with Gasteiger partial charge < -0.3 is 9.88 Å². The maximum atomic E-state index is 13.7. The SMILES string of the molecule is CC(C)(C)[C@H]1CCc2c(sc(N=Cc3cn(Cc4ccc(Cl)c(Cl)c4)c4ccccc34)c2C(=O)Nc2ccccc2)C1. The van der Waals surface area contributed by atoms with Gasteiger partial charge in [0.05, 0.1) is 15.6 Å². The van der Waals surface area contributed by atoms with Crippen LogP contribution in [0.4, 0.5) is 10.7 Å². The summed E-state index contributed by atoms with van der Waals surface area (Å²) in [5, 5.41) is 6.08. The van der Waals surface area contributed by atoms with E-state index in [4.69, 9.17) is 28.2 Å². The molecular weight excluding hydrogens is 581 g/mol. The second-order valence-corrected chi connectivity index (χ2v) is 13.9. The minimum atomic E-state index is -0.0953. The Bertz CT molecular complexity index is 1800. The van der Waals surface area contributed by atoms with Crippen LogP contribution in [0.15, 0.2) is 84.0 Å². The van der Waals surface area contributed by atoms with Crippen molar-refractivity contribution < 1.29 is 4.79 Å². The van der Waals surface area contributed by atoms with Crippen LogP contribution in [0.5, 0.6) is 0 Å². The van der Waals surface area contributed by atoms with Gasteiger partial charge in [0.25, 0.3) is 5.91 Å². The average Bonchev–Trinajstić information content (AvgIpc) is 3.51. The summed E-state index contributed by atoms with van der Waals surface area (Å²) in [6.45, 7) is 7.59. The van der Waals surface area contributed by atoms with Crippen molar-refractivity contribution in [1.29, 1.82) is 0 Å². The monoisotopic (exact) mass is 613 g/mol. The first kappa shape index (κ1) is 28.7. The van der Waals surface area contributed by atoms with Gasteiger partial charge >= 0.3 is 0 Å². The smallest absolute Gasteiger partial charge is 0.259 e. The molecule has 0 radical (unpaired) electrons. The van der Waals surface area contributed by atoms with Crippen molar-refractivity contribution in [3.8, 4) is 0 Å². The summed E-state index contributed by atoms with van der Waals surface area (Å²) in [6, 6.07) is 23.7. The van der Waals surface area contributed by atoms with E-state index in [0.29, 0.717) is 28.1 Å². The van der Waals surface area contributed by atoms with E-state index < -0.39 is 0 Å². The molecule has 0 fully saturated rings. The van der Waals surface area contributed by atoms with Crippen LogP contribution in [0.1, 0.15) is 59.1 Å². The summed E-state index contributed by atoms with van der Waals surface area (Å²) >= 11 is 14.1. The summed E-state index contributed by atoms with van der Waals surface area (Å²) in [6.07, 6.45) is 6.97. The summed E-state index contributed by atoms with van der Waals surface area (Å²) < 4.78 is 2.20. The van der Waals surface area contributed by atoms with Crippen LogP contribution in [0, 0.1) is 11.3 Å². The molecule has 1 amide bonds. The fourth-order valence-electron chi connectivity index (χ4n) is 5.82. The Morgan fingerprint density at radius 3 is 2.57 bits per heavy atom. The van der Waals surface area contributed by atoms with Crippen molar-refractivity contribution in [1.82, 2.24) is 4.57 Å². The molecule has 214 valence electrons. The molecule has 0 aliphatic heterocycles. The van der Waals surface area contributed by atoms with Crippen LogP contribution >= 0.6 is 34.5 Å². The highest BCUT2D eigenvalue weighted by atomic mass is 35.5. The maximum Gasteiger partial charge on any atom is 0.259 e. The first-order chi connectivity index (χ1) is 20.2. The number of anilines is 1. The number of halogens is 2. The third-order valence-electron chi connectivity index (χ3n) is 8.21. The van der Waals surface area contributed by atoms with Crippen LogP contribution in [0.3, 0.4) is 0 Å². The number of fused-ring (bicyclic) bond motifs is 2. The number of aliphatic imine (C=N–C) groups is 1. The second kappa shape index (κ2) is 11.7. The molecule has 0 saturated heterocycles. The summed E-state index contributed by atoms with van der Waals surface area (Å²) in [4.78, 5) is 20.0. The number of para-hydroxylation sites is 2. The number of carbonyl (C=O) groups excluding carboxylic acids is 1. The largest absolute Gasteiger partial charge is 0.342 e. The molecule has 7 heteroatoms. The third kappa shape index (κ3) is 5.92. The zero-order valence-corrected chi connectivity index (χ0v) is 26.3. The number of hydrogen-bond donors (Lipinski definition) is 1. The van der Waals surface area contributed by atoms with E-state index in [1.807, 2.05) is 66.9 Å². The van der Waals surface area contributed by atoms with Crippen molar-refractivity contribution in [3.63, 3.8) is 0 Å². The predicted octanol–water partition coefficient (Wildman–Crippen LogP) is 10.2. The van der Waals surface area contributed by atoms with E-state index in [-0.39, 0.29) is 11.3 Å². The predicted molar refractivity (Wildman–Crippen MR) is 178 cm³/mol. The Hall–Kier alpha value is -3.38. The number of nitrogens with zero attached hydrogens (tertiary/aromatic N) is 2. The highest BCUT2D eigenvalue weighted by Crippen LogP contribution is 2.45. The number of nitrogens with one attached hydrogen (secondary N) is 1. The molecule has 1 N–H and O–H groups in total. The maximum absolute atomic E-state index is 13.7. The Morgan fingerprint density at radius 2 is 1.81 bits per heavy atom. The highest BCUT2D eigenvalue weighted by Gasteiger charge is 2.33. The summed E-state index contributed by atoms with van der Waals surface area (Å²) in [5.74, 6) is 0.479. The van der Waals surface area contributed by atoms with Gasteiger partial charge in [-0.05, 0) is 72.1 Å². The topological polar surface area (TPSA) is 46.4 Å². The first-order valence-corrected chi connectivity index (χ1v) is 15.8. The van der Waals surface area contributed by atoms with Gasteiger partial charge in [-0.3, -0.25) is 4.79 Å². The van der Waals surface area contributed by atoms with E-state index in [1.165, 1.54) is 4.88 Å². The van der Waals surface area contributed by atoms with Gasteiger partial charge in [-0.1, -0.05) is 86.4 Å². The fraction of sp³-hybridized carbons (Fsp3) is 0.257. The molecule has 2 heterocycles. The molecule has 0 saturated carbocycles. The molecular formula is C35H33Cl2N3OS. The number of benzene rings is 3. The molecule has 3 aromatic carbocycles. The first-order valence-electron chi connectivity index (χ1n) is 14.2. The van der Waals surface area contributed by atoms with Crippen LogP contribution in [-0.4, -0.2) is 16.7 Å². The van der Waals surface area contributed by atoms with Gasteiger partial charge in [0.2, 0.25) is 0 Å². The van der Waals surface area contributed by atoms with Crippen molar-refractivity contribution >= 4 is 68.3 Å². The number of rotatable bonds is 6. The molecule has 4 nitrogen and oxygen atoms in total. The van der Waals surface area contributed by atoms with Crippen LogP contribution < -0.4 is 5.32 Å². The second-order valence-electron chi connectivity index (χ2n) is 12.0. The summed E-state index contributed by atoms with van der Waals surface area (Å²) in [5.41, 5.74) is 6.03. The van der Waals surface area contributed by atoms with E-state index in [2.05, 4.69) is 49.0 Å². The van der Waals surface area contributed by atoms with E-state index >= 15 is 0 Å². The lowest BCUT2D eigenvalue weighted by atomic mass is 9.72. The van der Waals surface area contributed by atoms with Crippen LogP contribution in [0.25, 0.3) is 10.9 Å². The highest BCUT2D eigenvalue weighted by molar-refractivity contribution is 7.16. The number of carbonyl (C=O) groups is 1. The number of aromatic nitrogens is 1. The Kier molecular flexibility index (Phi) is 8.01. The van der Waals surface area contributed by atoms with E-state index in [1.54, 1.807) is 11.3 Å². The van der Waals surface area contributed by atoms with E-state index in [0.717, 1.165) is 57.5 Å². The Balaban J connectivity index is 1.37. The molecule has 1 atom stereocenters. The number of hydrogen-bond acceptors (Lipinski definition) is 3. The van der Waals surface area contributed by atoms with Gasteiger partial charge in [-0.15, -0.1) is 11.3 Å². The normalized spacial score (nSPS) is 15.3. The quantitative estimate of drug-likeness (QED) is 0.190. The molecule has 0 unspecified atom stereocenters. The van der Waals surface area contributed by atoms with Crippen molar-refractivity contribution in [2.75, 3.05) is 5.32 Å². The molecule has 0 spiro atoms. The lowest BCUT2D eigenvalue weighted by Crippen LogP contribution is -2.27. The van der Waals surface area contributed by atoms with Gasteiger partial charge in [0, 0.05) is 46.0 Å². The molecule has 2 aromatic heterocycles. The Morgan fingerprint density at radius 1 is 1.05 bits per heavy atom. The molecule has 1 aliphatic carbocycles. The molecule has 0 bridgehead atoms. The molecule has 5 aromatic rings. The van der Waals surface area contributed by atoms with Crippen LogP contribution in [-0.2, 0) is 19.4 Å². The van der Waals surface area contributed by atoms with Gasteiger partial charge in [-0.25, -0.2) is 4.99 Å². The summed E-state index contributed by atoms with van der Waals surface area (Å²) in [7, 11) is 0. The van der Waals surface area contributed by atoms with Crippen molar-refractivity contribution in [3.05, 3.63) is 116 Å². The van der Waals surface area contributed by atoms with Gasteiger partial charge in [0.15, 0.2) is 0 Å². The third-order valence-corrected chi connectivity index (χ3v) is 10.1. The minimum Gasteiger partial charge on any atom is -0.342 e. The number of amides is 1. The zero-order chi connectivity index (χ0) is 29.4. The van der Waals surface area contributed by atoms with Gasteiger partial charge in [-0.2, -0.15) is 0 Å². The lowest BCUT2D eigenvalue weighted by Gasteiger charge is -2.33. The van der Waals surface area contributed by atoms with Crippen molar-refractivity contribution in [2.24, 2.45) is 16.3 Å².